The second-order valence-electron chi connectivity index (χ2n) is 8.74. The van der Waals surface area contributed by atoms with Gasteiger partial charge in [-0.2, -0.15) is 0 Å². The molecule has 1 aliphatic rings. The van der Waals surface area contributed by atoms with E-state index in [-0.39, 0.29) is 13.2 Å². The summed E-state index contributed by atoms with van der Waals surface area (Å²) in [4.78, 5) is 0. The Morgan fingerprint density at radius 3 is 1.87 bits per heavy atom. The second-order valence-corrected chi connectivity index (χ2v) is 8.74. The molecule has 0 unspecified atom stereocenters. The van der Waals surface area contributed by atoms with E-state index < -0.39 is 24.4 Å². The van der Waals surface area contributed by atoms with E-state index >= 15 is 0 Å². The number of hydrogen-bond donors (Lipinski definition) is 3. The highest BCUT2D eigenvalue weighted by Gasteiger charge is 2.38. The smallest absolute Gasteiger partial charge is 0.111 e. The third kappa shape index (κ3) is 13.1. The largest absolute Gasteiger partial charge is 0.394 e. The maximum Gasteiger partial charge on any atom is 0.111 e. The topological polar surface area (TPSA) is 79.2 Å². The van der Waals surface area contributed by atoms with Crippen LogP contribution < -0.4 is 0 Å². The molecule has 0 bridgehead atoms. The van der Waals surface area contributed by atoms with Crippen molar-refractivity contribution in [1.29, 1.82) is 0 Å². The van der Waals surface area contributed by atoms with Gasteiger partial charge in [0.1, 0.15) is 24.4 Å². The molecule has 0 saturated carbocycles. The zero-order chi connectivity index (χ0) is 21.9. The maximum atomic E-state index is 10.0. The average Bonchev–Trinajstić information content (AvgIpc) is 2.75. The molecule has 0 radical (unpaired) electrons. The van der Waals surface area contributed by atoms with Crippen LogP contribution in [-0.4, -0.2) is 59.6 Å². The van der Waals surface area contributed by atoms with Crippen molar-refractivity contribution in [2.45, 2.75) is 128 Å². The Kier molecular flexibility index (Phi) is 17.7. The van der Waals surface area contributed by atoms with Crippen molar-refractivity contribution in [3.05, 3.63) is 12.2 Å². The third-order valence-electron chi connectivity index (χ3n) is 6.00. The van der Waals surface area contributed by atoms with E-state index in [2.05, 4.69) is 19.1 Å². The van der Waals surface area contributed by atoms with Crippen LogP contribution >= 0.6 is 0 Å². The molecule has 1 aliphatic heterocycles. The fraction of sp³-hybridized carbons (Fsp3) is 0.920. The summed E-state index contributed by atoms with van der Waals surface area (Å²) in [6.45, 7) is 2.71. The Labute approximate surface area is 184 Å². The summed E-state index contributed by atoms with van der Waals surface area (Å²) in [5, 5.41) is 28.9. The van der Waals surface area contributed by atoms with Crippen LogP contribution in [0.15, 0.2) is 12.2 Å². The molecule has 178 valence electrons. The molecule has 1 fully saturated rings. The Bertz CT molecular complexity index is 401. The van der Waals surface area contributed by atoms with Gasteiger partial charge in [-0.15, -0.1) is 0 Å². The van der Waals surface area contributed by atoms with E-state index in [0.29, 0.717) is 6.61 Å². The van der Waals surface area contributed by atoms with Crippen molar-refractivity contribution in [2.24, 2.45) is 0 Å². The summed E-state index contributed by atoms with van der Waals surface area (Å²) >= 11 is 0. The summed E-state index contributed by atoms with van der Waals surface area (Å²) in [6.07, 6.45) is 20.8. The molecule has 5 heteroatoms. The van der Waals surface area contributed by atoms with Gasteiger partial charge in [0.25, 0.3) is 0 Å². The van der Waals surface area contributed by atoms with Gasteiger partial charge in [0.15, 0.2) is 0 Å². The molecule has 0 aromatic heterocycles. The summed E-state index contributed by atoms with van der Waals surface area (Å²) < 4.78 is 10.9. The molecule has 4 atom stereocenters. The fourth-order valence-electron chi connectivity index (χ4n) is 3.94. The summed E-state index contributed by atoms with van der Waals surface area (Å²) in [5.41, 5.74) is 0. The van der Waals surface area contributed by atoms with Crippen molar-refractivity contribution in [3.8, 4) is 0 Å². The van der Waals surface area contributed by atoms with Crippen LogP contribution in [0.4, 0.5) is 0 Å². The van der Waals surface area contributed by atoms with Crippen molar-refractivity contribution >= 4 is 0 Å². The van der Waals surface area contributed by atoms with E-state index in [1.165, 1.54) is 77.0 Å². The molecule has 1 rings (SSSR count). The van der Waals surface area contributed by atoms with Gasteiger partial charge in [0.05, 0.1) is 13.2 Å². The number of hydrogen-bond acceptors (Lipinski definition) is 5. The fourth-order valence-corrected chi connectivity index (χ4v) is 3.94. The molecule has 30 heavy (non-hydrogen) atoms. The van der Waals surface area contributed by atoms with Crippen LogP contribution in [0.5, 0.6) is 0 Å². The van der Waals surface area contributed by atoms with Crippen molar-refractivity contribution < 1.29 is 24.8 Å². The number of unbranched alkanes of at least 4 members (excludes halogenated alkanes) is 13. The quantitative estimate of drug-likeness (QED) is 0.201. The first-order valence-electron chi connectivity index (χ1n) is 12.6. The molecule has 0 spiro atoms. The van der Waals surface area contributed by atoms with Gasteiger partial charge < -0.3 is 24.8 Å². The normalized spacial score (nSPS) is 24.7. The Morgan fingerprint density at radius 1 is 0.767 bits per heavy atom. The summed E-state index contributed by atoms with van der Waals surface area (Å²) in [5.74, 6) is 0. The maximum absolute atomic E-state index is 10.0. The first-order valence-corrected chi connectivity index (χ1v) is 12.6. The van der Waals surface area contributed by atoms with Crippen molar-refractivity contribution in [3.63, 3.8) is 0 Å². The van der Waals surface area contributed by atoms with E-state index in [9.17, 15) is 10.2 Å². The SMILES string of the molecule is CCCCCCCCCCCCCC/C=C/CCCO[C@H]1CO[C@H](CO)[C@@H](O)[C@@H]1O. The molecular formula is C25H48O5. The van der Waals surface area contributed by atoms with Crippen LogP contribution in [-0.2, 0) is 9.47 Å². The highest BCUT2D eigenvalue weighted by molar-refractivity contribution is 4.87. The first-order chi connectivity index (χ1) is 14.7. The summed E-state index contributed by atoms with van der Waals surface area (Å²) in [7, 11) is 0. The lowest BCUT2D eigenvalue weighted by Crippen LogP contribution is -2.55. The number of allylic oxidation sites excluding steroid dienone is 2. The van der Waals surface area contributed by atoms with E-state index in [1.54, 1.807) is 0 Å². The number of rotatable bonds is 19. The van der Waals surface area contributed by atoms with E-state index in [0.717, 1.165) is 19.3 Å². The average molecular weight is 429 g/mol. The van der Waals surface area contributed by atoms with Gasteiger partial charge in [-0.3, -0.25) is 0 Å². The highest BCUT2D eigenvalue weighted by atomic mass is 16.6. The van der Waals surface area contributed by atoms with Gasteiger partial charge in [-0.05, 0) is 25.7 Å². The lowest BCUT2D eigenvalue weighted by atomic mass is 10.0. The van der Waals surface area contributed by atoms with Gasteiger partial charge >= 0.3 is 0 Å². The van der Waals surface area contributed by atoms with Gasteiger partial charge in [-0.25, -0.2) is 0 Å². The predicted molar refractivity (Wildman–Crippen MR) is 123 cm³/mol. The number of aliphatic hydroxyl groups excluding tert-OH is 3. The Balaban J connectivity index is 1.83. The van der Waals surface area contributed by atoms with Crippen LogP contribution in [0, 0.1) is 0 Å². The number of aliphatic hydroxyl groups is 3. The minimum Gasteiger partial charge on any atom is -0.394 e. The molecule has 0 aromatic rings. The van der Waals surface area contributed by atoms with Crippen LogP contribution in [0.2, 0.25) is 0 Å². The molecule has 5 nitrogen and oxygen atoms in total. The van der Waals surface area contributed by atoms with Crippen LogP contribution in [0.3, 0.4) is 0 Å². The molecule has 0 amide bonds. The standard InChI is InChI=1S/C25H48O5/c1-2-3-4-5-6-7-8-9-10-11-12-13-14-15-16-17-18-19-29-23-21-30-22(20-26)24(27)25(23)28/h15-16,22-28H,2-14,17-21H2,1H3/b16-15+/t22-,23+,24-,25-/m1/s1. The molecule has 1 heterocycles. The molecular weight excluding hydrogens is 380 g/mol. The Hall–Kier alpha value is -0.460. The van der Waals surface area contributed by atoms with Crippen molar-refractivity contribution in [1.82, 2.24) is 0 Å². The predicted octanol–water partition coefficient (Wildman–Crippen LogP) is 4.91. The minimum atomic E-state index is -1.09. The van der Waals surface area contributed by atoms with Gasteiger partial charge in [-0.1, -0.05) is 89.7 Å². The lowest BCUT2D eigenvalue weighted by Gasteiger charge is -2.36. The lowest BCUT2D eigenvalue weighted by molar-refractivity contribution is -0.208. The zero-order valence-electron chi connectivity index (χ0n) is 19.4. The van der Waals surface area contributed by atoms with E-state index in [4.69, 9.17) is 14.6 Å². The van der Waals surface area contributed by atoms with E-state index in [1.807, 2.05) is 0 Å². The van der Waals surface area contributed by atoms with Crippen LogP contribution in [0.25, 0.3) is 0 Å². The molecule has 0 aliphatic carbocycles. The monoisotopic (exact) mass is 428 g/mol. The first kappa shape index (κ1) is 27.6. The van der Waals surface area contributed by atoms with Crippen molar-refractivity contribution in [2.75, 3.05) is 19.8 Å². The Morgan fingerprint density at radius 2 is 1.30 bits per heavy atom. The van der Waals surface area contributed by atoms with Gasteiger partial charge in [0, 0.05) is 6.61 Å². The zero-order valence-corrected chi connectivity index (χ0v) is 19.4. The molecule has 0 aromatic carbocycles. The van der Waals surface area contributed by atoms with Crippen LogP contribution in [0.1, 0.15) is 103 Å². The summed E-state index contributed by atoms with van der Waals surface area (Å²) in [6, 6.07) is 0. The number of ether oxygens (including phenoxy) is 2. The third-order valence-corrected chi connectivity index (χ3v) is 6.00. The second kappa shape index (κ2) is 19.2. The minimum absolute atomic E-state index is 0.207. The molecule has 3 N–H and O–H groups in total. The highest BCUT2D eigenvalue weighted by Crippen LogP contribution is 2.18. The molecule has 1 saturated heterocycles. The van der Waals surface area contributed by atoms with Gasteiger partial charge in [0.2, 0.25) is 0 Å².